The summed E-state index contributed by atoms with van der Waals surface area (Å²) < 4.78 is 5.37. The number of likely N-dealkylation sites (N-methyl/N-ethyl adjacent to an activating group) is 1. The minimum atomic E-state index is 0.825. The Balaban J connectivity index is 2.26. The molecule has 0 amide bonds. The summed E-state index contributed by atoms with van der Waals surface area (Å²) in [6, 6.07) is 8.12. The SMILES string of the molecule is CCCCN(C)CCNC(=NC)NCCc1ccccc1OC. The number of guanidine groups is 1. The zero-order chi connectivity index (χ0) is 16.9. The second-order valence-corrected chi connectivity index (χ2v) is 5.64. The van der Waals surface area contributed by atoms with Crippen molar-refractivity contribution in [2.75, 3.05) is 47.4 Å². The third-order valence-corrected chi connectivity index (χ3v) is 3.78. The molecular weight excluding hydrogens is 288 g/mol. The van der Waals surface area contributed by atoms with Gasteiger partial charge in [-0.1, -0.05) is 31.5 Å². The predicted molar refractivity (Wildman–Crippen MR) is 98.5 cm³/mol. The van der Waals surface area contributed by atoms with Crippen LogP contribution in [0.25, 0.3) is 0 Å². The number of para-hydroxylation sites is 1. The molecule has 2 N–H and O–H groups in total. The average Bonchev–Trinajstić information content (AvgIpc) is 2.58. The number of methoxy groups -OCH3 is 1. The van der Waals surface area contributed by atoms with Gasteiger partial charge in [0.05, 0.1) is 7.11 Å². The summed E-state index contributed by atoms with van der Waals surface area (Å²) in [6.45, 7) is 6.12. The fraction of sp³-hybridized carbons (Fsp3) is 0.611. The van der Waals surface area contributed by atoms with Crippen LogP contribution in [0.2, 0.25) is 0 Å². The van der Waals surface area contributed by atoms with Gasteiger partial charge in [0.25, 0.3) is 0 Å². The van der Waals surface area contributed by atoms with E-state index in [0.717, 1.165) is 44.3 Å². The van der Waals surface area contributed by atoms with Crippen molar-refractivity contribution in [3.8, 4) is 5.75 Å². The van der Waals surface area contributed by atoms with Crippen LogP contribution >= 0.6 is 0 Å². The lowest BCUT2D eigenvalue weighted by atomic mass is 10.1. The van der Waals surface area contributed by atoms with Gasteiger partial charge >= 0.3 is 0 Å². The zero-order valence-electron chi connectivity index (χ0n) is 15.1. The summed E-state index contributed by atoms with van der Waals surface area (Å²) in [7, 11) is 5.68. The van der Waals surface area contributed by atoms with Crippen molar-refractivity contribution in [1.29, 1.82) is 0 Å². The first-order chi connectivity index (χ1) is 11.2. The summed E-state index contributed by atoms with van der Waals surface area (Å²) in [5.41, 5.74) is 1.21. The maximum Gasteiger partial charge on any atom is 0.191 e. The highest BCUT2D eigenvalue weighted by Crippen LogP contribution is 2.17. The maximum atomic E-state index is 5.37. The van der Waals surface area contributed by atoms with Gasteiger partial charge in [0, 0.05) is 26.7 Å². The van der Waals surface area contributed by atoms with E-state index in [9.17, 15) is 0 Å². The average molecular weight is 320 g/mol. The van der Waals surface area contributed by atoms with E-state index in [1.54, 1.807) is 14.2 Å². The number of benzene rings is 1. The molecule has 0 fully saturated rings. The van der Waals surface area contributed by atoms with Gasteiger partial charge in [0.15, 0.2) is 5.96 Å². The van der Waals surface area contributed by atoms with Gasteiger partial charge in [-0.2, -0.15) is 0 Å². The second-order valence-electron chi connectivity index (χ2n) is 5.64. The van der Waals surface area contributed by atoms with E-state index in [4.69, 9.17) is 4.74 Å². The highest BCUT2D eigenvalue weighted by molar-refractivity contribution is 5.79. The Labute approximate surface area is 141 Å². The van der Waals surface area contributed by atoms with Crippen molar-refractivity contribution in [1.82, 2.24) is 15.5 Å². The third kappa shape index (κ3) is 7.88. The lowest BCUT2D eigenvalue weighted by Gasteiger charge is -2.18. The molecule has 0 aromatic heterocycles. The van der Waals surface area contributed by atoms with Gasteiger partial charge in [-0.25, -0.2) is 0 Å². The number of rotatable bonds is 10. The normalized spacial score (nSPS) is 11.6. The van der Waals surface area contributed by atoms with Crippen molar-refractivity contribution in [3.05, 3.63) is 29.8 Å². The first-order valence-corrected chi connectivity index (χ1v) is 8.46. The molecule has 0 bridgehead atoms. The molecule has 0 heterocycles. The molecule has 0 atom stereocenters. The number of hydrogen-bond donors (Lipinski definition) is 2. The molecule has 0 saturated heterocycles. The second kappa shape index (κ2) is 11.8. The van der Waals surface area contributed by atoms with Crippen molar-refractivity contribution in [3.63, 3.8) is 0 Å². The summed E-state index contributed by atoms with van der Waals surface area (Å²) in [6.07, 6.45) is 3.40. The molecule has 0 aliphatic carbocycles. The molecule has 0 saturated carbocycles. The van der Waals surface area contributed by atoms with E-state index in [2.05, 4.69) is 40.6 Å². The Morgan fingerprint density at radius 2 is 1.91 bits per heavy atom. The van der Waals surface area contributed by atoms with Crippen molar-refractivity contribution in [2.24, 2.45) is 4.99 Å². The predicted octanol–water partition coefficient (Wildman–Crippen LogP) is 2.13. The van der Waals surface area contributed by atoms with E-state index < -0.39 is 0 Å². The van der Waals surface area contributed by atoms with E-state index in [1.165, 1.54) is 18.4 Å². The largest absolute Gasteiger partial charge is 0.496 e. The van der Waals surface area contributed by atoms with Crippen molar-refractivity contribution >= 4 is 5.96 Å². The van der Waals surface area contributed by atoms with Gasteiger partial charge in [0.1, 0.15) is 5.75 Å². The van der Waals surface area contributed by atoms with E-state index in [-0.39, 0.29) is 0 Å². The van der Waals surface area contributed by atoms with Gasteiger partial charge < -0.3 is 20.3 Å². The fourth-order valence-corrected chi connectivity index (χ4v) is 2.35. The van der Waals surface area contributed by atoms with E-state index in [1.807, 2.05) is 18.2 Å². The molecule has 0 unspecified atom stereocenters. The molecule has 0 aliphatic heterocycles. The lowest BCUT2D eigenvalue weighted by molar-refractivity contribution is 0.332. The lowest BCUT2D eigenvalue weighted by Crippen LogP contribution is -2.41. The standard InChI is InChI=1S/C18H32N4O/c1-5-6-14-22(3)15-13-21-18(19-2)20-12-11-16-9-7-8-10-17(16)23-4/h7-10H,5-6,11-15H2,1-4H3,(H2,19,20,21). The highest BCUT2D eigenvalue weighted by Gasteiger charge is 2.03. The van der Waals surface area contributed by atoms with Crippen LogP contribution in [-0.4, -0.2) is 58.2 Å². The third-order valence-electron chi connectivity index (χ3n) is 3.78. The molecular formula is C18H32N4O. The molecule has 0 aliphatic rings. The van der Waals surface area contributed by atoms with Crippen LogP contribution in [0.1, 0.15) is 25.3 Å². The number of aliphatic imine (C=N–C) groups is 1. The summed E-state index contributed by atoms with van der Waals surface area (Å²) in [4.78, 5) is 6.61. The Hall–Kier alpha value is -1.75. The molecule has 1 aromatic rings. The van der Waals surface area contributed by atoms with Crippen molar-refractivity contribution < 1.29 is 4.74 Å². The topological polar surface area (TPSA) is 48.9 Å². The smallest absolute Gasteiger partial charge is 0.191 e. The summed E-state index contributed by atoms with van der Waals surface area (Å²) in [5.74, 6) is 1.79. The van der Waals surface area contributed by atoms with Crippen LogP contribution in [0, 0.1) is 0 Å². The molecule has 1 aromatic carbocycles. The number of nitrogens with zero attached hydrogens (tertiary/aromatic N) is 2. The Morgan fingerprint density at radius 3 is 2.61 bits per heavy atom. The van der Waals surface area contributed by atoms with Gasteiger partial charge in [-0.05, 0) is 38.1 Å². The maximum absolute atomic E-state index is 5.37. The molecule has 130 valence electrons. The Kier molecular flexibility index (Phi) is 9.87. The van der Waals surface area contributed by atoms with Crippen LogP contribution in [0.4, 0.5) is 0 Å². The minimum Gasteiger partial charge on any atom is -0.496 e. The highest BCUT2D eigenvalue weighted by atomic mass is 16.5. The summed E-state index contributed by atoms with van der Waals surface area (Å²) >= 11 is 0. The number of unbranched alkanes of at least 4 members (excludes halogenated alkanes) is 1. The van der Waals surface area contributed by atoms with Gasteiger partial charge in [0.2, 0.25) is 0 Å². The van der Waals surface area contributed by atoms with Crippen LogP contribution in [0.3, 0.4) is 0 Å². The van der Waals surface area contributed by atoms with Crippen LogP contribution in [0.5, 0.6) is 5.75 Å². The minimum absolute atomic E-state index is 0.825. The molecule has 1 rings (SSSR count). The Bertz CT molecular complexity index is 462. The monoisotopic (exact) mass is 320 g/mol. The number of nitrogens with one attached hydrogen (secondary N) is 2. The van der Waals surface area contributed by atoms with Crippen LogP contribution < -0.4 is 15.4 Å². The van der Waals surface area contributed by atoms with Gasteiger partial charge in [-0.3, -0.25) is 4.99 Å². The quantitative estimate of drug-likeness (QED) is 0.512. The zero-order valence-corrected chi connectivity index (χ0v) is 15.1. The molecule has 0 spiro atoms. The van der Waals surface area contributed by atoms with Gasteiger partial charge in [-0.15, -0.1) is 0 Å². The summed E-state index contributed by atoms with van der Waals surface area (Å²) in [5, 5.41) is 6.71. The van der Waals surface area contributed by atoms with E-state index in [0.29, 0.717) is 0 Å². The number of hydrogen-bond acceptors (Lipinski definition) is 3. The first kappa shape index (κ1) is 19.3. The molecule has 5 nitrogen and oxygen atoms in total. The molecule has 5 heteroatoms. The Morgan fingerprint density at radius 1 is 1.17 bits per heavy atom. The van der Waals surface area contributed by atoms with Crippen molar-refractivity contribution in [2.45, 2.75) is 26.2 Å². The van der Waals surface area contributed by atoms with Crippen LogP contribution in [0.15, 0.2) is 29.3 Å². The van der Waals surface area contributed by atoms with Crippen LogP contribution in [-0.2, 0) is 6.42 Å². The fourth-order valence-electron chi connectivity index (χ4n) is 2.35. The molecule has 0 radical (unpaired) electrons. The molecule has 23 heavy (non-hydrogen) atoms. The first-order valence-electron chi connectivity index (χ1n) is 8.46. The number of ether oxygens (including phenoxy) is 1. The van der Waals surface area contributed by atoms with E-state index >= 15 is 0 Å².